The van der Waals surface area contributed by atoms with Crippen LogP contribution in [0.4, 0.5) is 5.69 Å². The van der Waals surface area contributed by atoms with Gasteiger partial charge in [-0.1, -0.05) is 84.2 Å². The Balaban J connectivity index is 1.25. The number of carbonyl (C=O) groups is 3. The van der Waals surface area contributed by atoms with E-state index in [0.29, 0.717) is 11.6 Å². The number of amides is 3. The lowest BCUT2D eigenvalue weighted by Crippen LogP contribution is -2.54. The molecule has 7 heteroatoms. The fourth-order valence-electron chi connectivity index (χ4n) is 9.01. The number of anilines is 1. The standard InChI is InChI=1S/C34H30BrN3O3/c1-33-17-7-6-12-25(33)28(33)30(39)37-36-18-34-23-10-4-2-8-21(23)26(22-9-3-5-11-24(22)34)27-29(34)32(41)38(31(27)40)20-15-13-19(35)14-16-20/h2-5,8-11,13-16,18,25-29H,6-7,12,17H2,1H3,(H,37,39)/b36-18-/t25-,26?,27-,28-,29-,33+,34?/m1/s1. The predicted octanol–water partition coefficient (Wildman–Crippen LogP) is 5.93. The van der Waals surface area contributed by atoms with Crippen LogP contribution in [0.5, 0.6) is 0 Å². The first kappa shape index (κ1) is 25.2. The van der Waals surface area contributed by atoms with E-state index in [-0.39, 0.29) is 35.0 Å². The Labute approximate surface area is 247 Å². The summed E-state index contributed by atoms with van der Waals surface area (Å²) in [5.74, 6) is -1.52. The first-order chi connectivity index (χ1) is 19.9. The number of nitrogens with zero attached hydrogens (tertiary/aromatic N) is 2. The summed E-state index contributed by atoms with van der Waals surface area (Å²) in [6.07, 6.45) is 6.29. The third kappa shape index (κ3) is 3.24. The lowest BCUT2D eigenvalue weighted by atomic mass is 9.47. The number of nitrogens with one attached hydrogen (secondary N) is 1. The van der Waals surface area contributed by atoms with Crippen molar-refractivity contribution in [2.75, 3.05) is 4.90 Å². The maximum atomic E-state index is 14.4. The molecule has 5 aliphatic carbocycles. The minimum atomic E-state index is -0.989. The average Bonchev–Trinajstić information content (AvgIpc) is 3.54. The molecule has 3 amide bonds. The zero-order chi connectivity index (χ0) is 28.1. The Morgan fingerprint density at radius 3 is 2.24 bits per heavy atom. The van der Waals surface area contributed by atoms with E-state index in [1.54, 1.807) is 18.3 Å². The number of hydrogen-bond acceptors (Lipinski definition) is 4. The molecule has 1 heterocycles. The smallest absolute Gasteiger partial charge is 0.244 e. The van der Waals surface area contributed by atoms with Gasteiger partial charge in [0.05, 0.1) is 22.9 Å². The van der Waals surface area contributed by atoms with Crippen molar-refractivity contribution >= 4 is 45.6 Å². The Morgan fingerprint density at radius 1 is 0.951 bits per heavy atom. The molecule has 6 aliphatic rings. The quantitative estimate of drug-likeness (QED) is 0.227. The van der Waals surface area contributed by atoms with Crippen LogP contribution in [0.15, 0.2) is 82.4 Å². The van der Waals surface area contributed by atoms with E-state index in [4.69, 9.17) is 0 Å². The van der Waals surface area contributed by atoms with E-state index >= 15 is 0 Å². The van der Waals surface area contributed by atoms with Crippen molar-refractivity contribution in [1.29, 1.82) is 0 Å². The molecule has 206 valence electrons. The van der Waals surface area contributed by atoms with E-state index in [0.717, 1.165) is 39.6 Å². The van der Waals surface area contributed by atoms with Crippen LogP contribution in [0.1, 0.15) is 60.8 Å². The van der Waals surface area contributed by atoms with Gasteiger partial charge in [-0.2, -0.15) is 5.10 Å². The summed E-state index contributed by atoms with van der Waals surface area (Å²) < 4.78 is 0.876. The second-order valence-electron chi connectivity index (χ2n) is 12.6. The molecule has 1 aliphatic heterocycles. The number of benzene rings is 3. The maximum Gasteiger partial charge on any atom is 0.244 e. The predicted molar refractivity (Wildman–Crippen MR) is 159 cm³/mol. The Morgan fingerprint density at radius 2 is 1.61 bits per heavy atom. The van der Waals surface area contributed by atoms with Crippen LogP contribution in [-0.2, 0) is 19.8 Å². The molecule has 2 saturated carbocycles. The summed E-state index contributed by atoms with van der Waals surface area (Å²) in [6, 6.07) is 23.5. The summed E-state index contributed by atoms with van der Waals surface area (Å²) in [6.45, 7) is 2.22. The van der Waals surface area contributed by atoms with Gasteiger partial charge in [0.2, 0.25) is 17.7 Å². The highest BCUT2D eigenvalue weighted by molar-refractivity contribution is 9.10. The minimum Gasteiger partial charge on any atom is -0.274 e. The molecule has 0 spiro atoms. The number of fused-ring (bicyclic) bond motifs is 1. The van der Waals surface area contributed by atoms with Gasteiger partial charge in [0, 0.05) is 22.5 Å². The molecule has 0 unspecified atom stereocenters. The lowest BCUT2D eigenvalue weighted by Gasteiger charge is -2.52. The van der Waals surface area contributed by atoms with Crippen LogP contribution >= 0.6 is 15.9 Å². The maximum absolute atomic E-state index is 14.4. The van der Waals surface area contributed by atoms with Crippen LogP contribution < -0.4 is 10.3 Å². The monoisotopic (exact) mass is 607 g/mol. The molecule has 6 nitrogen and oxygen atoms in total. The zero-order valence-electron chi connectivity index (χ0n) is 22.7. The van der Waals surface area contributed by atoms with Crippen molar-refractivity contribution in [2.45, 2.75) is 43.9 Å². The van der Waals surface area contributed by atoms with Crippen LogP contribution in [-0.4, -0.2) is 23.9 Å². The van der Waals surface area contributed by atoms with Gasteiger partial charge in [0.1, 0.15) is 0 Å². The van der Waals surface area contributed by atoms with Crippen molar-refractivity contribution in [3.63, 3.8) is 0 Å². The summed E-state index contributed by atoms with van der Waals surface area (Å²) >= 11 is 3.46. The Hall–Kier alpha value is -3.58. The highest BCUT2D eigenvalue weighted by Gasteiger charge is 2.68. The molecule has 3 aromatic carbocycles. The summed E-state index contributed by atoms with van der Waals surface area (Å²) in [4.78, 5) is 43.4. The average molecular weight is 609 g/mol. The van der Waals surface area contributed by atoms with Crippen molar-refractivity contribution in [3.05, 3.63) is 99.5 Å². The zero-order valence-corrected chi connectivity index (χ0v) is 24.3. The van der Waals surface area contributed by atoms with E-state index in [1.807, 2.05) is 36.4 Å². The molecular weight excluding hydrogens is 578 g/mol. The third-order valence-electron chi connectivity index (χ3n) is 10.8. The highest BCUT2D eigenvalue weighted by atomic mass is 79.9. The van der Waals surface area contributed by atoms with E-state index in [1.165, 1.54) is 17.7 Å². The first-order valence-corrected chi connectivity index (χ1v) is 15.3. The molecule has 41 heavy (non-hydrogen) atoms. The van der Waals surface area contributed by atoms with Gasteiger partial charge in [-0.05, 0) is 70.7 Å². The molecule has 1 saturated heterocycles. The van der Waals surface area contributed by atoms with Gasteiger partial charge in [0.15, 0.2) is 0 Å². The largest absolute Gasteiger partial charge is 0.274 e. The Bertz CT molecular complexity index is 1620. The van der Waals surface area contributed by atoms with Gasteiger partial charge < -0.3 is 0 Å². The van der Waals surface area contributed by atoms with Crippen LogP contribution in [0.2, 0.25) is 0 Å². The molecule has 0 radical (unpaired) electrons. The second-order valence-corrected chi connectivity index (χ2v) is 13.5. The van der Waals surface area contributed by atoms with E-state index in [2.05, 4.69) is 57.6 Å². The fraction of sp³-hybridized carbons (Fsp3) is 0.353. The number of imide groups is 1. The molecular formula is C34H30BrN3O3. The van der Waals surface area contributed by atoms with Gasteiger partial charge in [0.25, 0.3) is 0 Å². The molecule has 3 fully saturated rings. The van der Waals surface area contributed by atoms with Gasteiger partial charge in [-0.3, -0.25) is 14.4 Å². The van der Waals surface area contributed by atoms with Crippen LogP contribution in [0, 0.1) is 29.1 Å². The molecule has 0 aromatic heterocycles. The second kappa shape index (κ2) is 8.71. The number of hydrogen-bond donors (Lipinski definition) is 1. The van der Waals surface area contributed by atoms with Crippen molar-refractivity contribution in [2.24, 2.45) is 34.2 Å². The minimum absolute atomic E-state index is 0.0170. The normalized spacial score (nSPS) is 34.2. The molecule has 9 rings (SSSR count). The number of rotatable bonds is 4. The van der Waals surface area contributed by atoms with Crippen LogP contribution in [0.3, 0.4) is 0 Å². The van der Waals surface area contributed by atoms with Gasteiger partial charge in [-0.25, -0.2) is 10.3 Å². The molecule has 3 aromatic rings. The number of carbonyl (C=O) groups excluding carboxylic acids is 3. The molecule has 5 atom stereocenters. The summed E-state index contributed by atoms with van der Waals surface area (Å²) in [5, 5.41) is 4.63. The summed E-state index contributed by atoms with van der Waals surface area (Å²) in [5.41, 5.74) is 6.58. The third-order valence-corrected chi connectivity index (χ3v) is 11.4. The number of halogens is 1. The first-order valence-electron chi connectivity index (χ1n) is 14.5. The van der Waals surface area contributed by atoms with Gasteiger partial charge in [-0.15, -0.1) is 0 Å². The van der Waals surface area contributed by atoms with Crippen molar-refractivity contribution < 1.29 is 14.4 Å². The van der Waals surface area contributed by atoms with Crippen molar-refractivity contribution in [1.82, 2.24) is 5.43 Å². The Kier molecular flexibility index (Phi) is 5.35. The van der Waals surface area contributed by atoms with Gasteiger partial charge >= 0.3 is 0 Å². The fourth-order valence-corrected chi connectivity index (χ4v) is 9.28. The van der Waals surface area contributed by atoms with E-state index in [9.17, 15) is 14.4 Å². The SMILES string of the molecule is C[C@]12CCCC[C@@H]1[C@@H]2C(=O)N/N=C\C12c3ccccc3C(c3ccccc31)[C@H]1C(=O)N(c3ccc(Br)cc3)C(=O)[C@@H]12. The summed E-state index contributed by atoms with van der Waals surface area (Å²) in [7, 11) is 0. The topological polar surface area (TPSA) is 78.8 Å². The number of hydrazone groups is 1. The molecule has 1 N–H and O–H groups in total. The highest BCUT2D eigenvalue weighted by Crippen LogP contribution is 2.66. The molecule has 2 bridgehead atoms. The lowest BCUT2D eigenvalue weighted by molar-refractivity contribution is -0.124. The van der Waals surface area contributed by atoms with E-state index < -0.39 is 17.3 Å². The van der Waals surface area contributed by atoms with Crippen LogP contribution in [0.25, 0.3) is 0 Å². The van der Waals surface area contributed by atoms with Crippen molar-refractivity contribution in [3.8, 4) is 0 Å².